The third-order valence-electron chi connectivity index (χ3n) is 2.14. The topological polar surface area (TPSA) is 93.0 Å². The molecule has 0 aliphatic carbocycles. The second-order valence-electron chi connectivity index (χ2n) is 4.24. The van der Waals surface area contributed by atoms with E-state index in [1.54, 1.807) is 13.8 Å². The van der Waals surface area contributed by atoms with E-state index in [9.17, 15) is 5.11 Å². The van der Waals surface area contributed by atoms with Gasteiger partial charge in [-0.3, -0.25) is 0 Å². The van der Waals surface area contributed by atoms with Crippen LogP contribution in [0.25, 0.3) is 0 Å². The first kappa shape index (κ1) is 13.8. The summed E-state index contributed by atoms with van der Waals surface area (Å²) in [5.41, 5.74) is -1.84. The first-order chi connectivity index (χ1) is 6.39. The normalized spacial score (nSPS) is 13.3. The number of aliphatic hydroxyl groups excluding tert-OH is 3. The van der Waals surface area contributed by atoms with Gasteiger partial charge in [0.05, 0.1) is 31.0 Å². The fraction of sp³-hybridized carbons (Fsp3) is 1.00. The van der Waals surface area contributed by atoms with Gasteiger partial charge in [-0.15, -0.1) is 0 Å². The molecule has 0 aromatic rings. The molecule has 0 bridgehead atoms. The first-order valence-electron chi connectivity index (χ1n) is 4.69. The van der Waals surface area contributed by atoms with Crippen molar-refractivity contribution in [1.82, 2.24) is 5.32 Å². The average Bonchev–Trinajstić information content (AvgIpc) is 2.11. The second-order valence-corrected chi connectivity index (χ2v) is 4.24. The smallest absolute Gasteiger partial charge is 0.0881 e. The summed E-state index contributed by atoms with van der Waals surface area (Å²) in [6, 6.07) is 0. The Morgan fingerprint density at radius 2 is 1.43 bits per heavy atom. The van der Waals surface area contributed by atoms with E-state index in [2.05, 4.69) is 5.32 Å². The van der Waals surface area contributed by atoms with Gasteiger partial charge in [-0.05, 0) is 26.8 Å². The summed E-state index contributed by atoms with van der Waals surface area (Å²) in [5.74, 6) is 0. The van der Waals surface area contributed by atoms with Gasteiger partial charge in [-0.25, -0.2) is 0 Å². The molecule has 0 atom stereocenters. The van der Waals surface area contributed by atoms with Gasteiger partial charge in [0.15, 0.2) is 0 Å². The Balaban J connectivity index is 3.95. The summed E-state index contributed by atoms with van der Waals surface area (Å²) in [6.07, 6.45) is 0.481. The molecule has 86 valence electrons. The second kappa shape index (κ2) is 5.63. The lowest BCUT2D eigenvalue weighted by Gasteiger charge is -2.30. The van der Waals surface area contributed by atoms with E-state index in [1.807, 2.05) is 0 Å². The molecule has 0 aromatic carbocycles. The fourth-order valence-corrected chi connectivity index (χ4v) is 0.951. The highest BCUT2D eigenvalue weighted by Crippen LogP contribution is 2.08. The van der Waals surface area contributed by atoms with Gasteiger partial charge < -0.3 is 25.7 Å². The predicted octanol–water partition coefficient (Wildman–Crippen LogP) is -1.55. The van der Waals surface area contributed by atoms with Gasteiger partial charge in [-0.2, -0.15) is 0 Å². The van der Waals surface area contributed by atoms with Crippen molar-refractivity contribution >= 4 is 0 Å². The molecule has 0 aromatic heterocycles. The first-order valence-corrected chi connectivity index (χ1v) is 4.69. The van der Waals surface area contributed by atoms with E-state index >= 15 is 0 Å². The quantitative estimate of drug-likeness (QED) is 0.349. The third kappa shape index (κ3) is 4.88. The van der Waals surface area contributed by atoms with Crippen LogP contribution in [-0.2, 0) is 0 Å². The summed E-state index contributed by atoms with van der Waals surface area (Å²) < 4.78 is 0. The number of hydrogen-bond donors (Lipinski definition) is 5. The molecule has 0 aliphatic heterocycles. The van der Waals surface area contributed by atoms with E-state index in [4.69, 9.17) is 15.3 Å². The lowest BCUT2D eigenvalue weighted by Crippen LogP contribution is -2.55. The van der Waals surface area contributed by atoms with Crippen LogP contribution in [0.5, 0.6) is 0 Å². The zero-order valence-electron chi connectivity index (χ0n) is 8.82. The number of nitrogens with one attached hydrogen (secondary N) is 1. The Morgan fingerprint density at radius 1 is 1.00 bits per heavy atom. The highest BCUT2D eigenvalue weighted by Gasteiger charge is 2.27. The van der Waals surface area contributed by atoms with Crippen LogP contribution in [0.4, 0.5) is 0 Å². The fourth-order valence-electron chi connectivity index (χ4n) is 0.951. The molecular weight excluding hydrogens is 186 g/mol. The molecule has 5 N–H and O–H groups in total. The third-order valence-corrected chi connectivity index (χ3v) is 2.14. The van der Waals surface area contributed by atoms with Crippen LogP contribution < -0.4 is 5.32 Å². The van der Waals surface area contributed by atoms with Crippen LogP contribution in [0.3, 0.4) is 0 Å². The Bertz CT molecular complexity index is 143. The van der Waals surface area contributed by atoms with Crippen LogP contribution in [-0.4, -0.2) is 57.9 Å². The maximum atomic E-state index is 9.41. The number of rotatable bonds is 7. The van der Waals surface area contributed by atoms with Crippen molar-refractivity contribution in [2.24, 2.45) is 0 Å². The summed E-state index contributed by atoms with van der Waals surface area (Å²) in [6.45, 7) is 2.75. The largest absolute Gasteiger partial charge is 0.394 e. The molecular formula is C9H21NO4. The predicted molar refractivity (Wildman–Crippen MR) is 52.9 cm³/mol. The minimum absolute atomic E-state index is 0.341. The lowest BCUT2D eigenvalue weighted by molar-refractivity contribution is 0.0297. The SMILES string of the molecule is CC(C)(O)CCNC(CO)(CO)CO. The van der Waals surface area contributed by atoms with E-state index < -0.39 is 11.1 Å². The standard InChI is InChI=1S/C9H21NO4/c1-8(2,14)3-4-10-9(5-11,6-12)7-13/h10-14H,3-7H2,1-2H3. The molecule has 0 amide bonds. The van der Waals surface area contributed by atoms with Crippen molar-refractivity contribution in [1.29, 1.82) is 0 Å². The molecule has 0 heterocycles. The molecule has 0 rings (SSSR count). The van der Waals surface area contributed by atoms with Crippen LogP contribution >= 0.6 is 0 Å². The highest BCUT2D eigenvalue weighted by atomic mass is 16.3. The van der Waals surface area contributed by atoms with Crippen LogP contribution in [0, 0.1) is 0 Å². The zero-order valence-corrected chi connectivity index (χ0v) is 8.82. The molecule has 0 saturated heterocycles. The van der Waals surface area contributed by atoms with Gasteiger partial charge in [0, 0.05) is 0 Å². The monoisotopic (exact) mass is 207 g/mol. The summed E-state index contributed by atoms with van der Waals surface area (Å²) in [4.78, 5) is 0. The van der Waals surface area contributed by atoms with E-state index in [0.717, 1.165) is 0 Å². The molecule has 5 nitrogen and oxygen atoms in total. The van der Waals surface area contributed by atoms with Crippen molar-refractivity contribution in [3.8, 4) is 0 Å². The molecule has 0 saturated carbocycles. The van der Waals surface area contributed by atoms with Crippen LogP contribution in [0.1, 0.15) is 20.3 Å². The minimum atomic E-state index is -1.05. The van der Waals surface area contributed by atoms with Crippen molar-refractivity contribution in [3.05, 3.63) is 0 Å². The maximum absolute atomic E-state index is 9.41. The van der Waals surface area contributed by atoms with Crippen molar-refractivity contribution in [2.45, 2.75) is 31.4 Å². The Hall–Kier alpha value is -0.200. The number of aliphatic hydroxyl groups is 4. The summed E-state index contributed by atoms with van der Waals surface area (Å²) in [7, 11) is 0. The number of hydrogen-bond acceptors (Lipinski definition) is 5. The molecule has 0 fully saturated rings. The molecule has 0 radical (unpaired) electrons. The van der Waals surface area contributed by atoms with Crippen LogP contribution in [0.2, 0.25) is 0 Å². The minimum Gasteiger partial charge on any atom is -0.394 e. The van der Waals surface area contributed by atoms with Gasteiger partial charge in [0.2, 0.25) is 0 Å². The zero-order chi connectivity index (χ0) is 11.2. The van der Waals surface area contributed by atoms with Gasteiger partial charge >= 0.3 is 0 Å². The maximum Gasteiger partial charge on any atom is 0.0881 e. The van der Waals surface area contributed by atoms with Crippen LogP contribution in [0.15, 0.2) is 0 Å². The lowest BCUT2D eigenvalue weighted by atomic mass is 10.0. The van der Waals surface area contributed by atoms with Gasteiger partial charge in [0.25, 0.3) is 0 Å². The summed E-state index contributed by atoms with van der Waals surface area (Å²) >= 11 is 0. The van der Waals surface area contributed by atoms with E-state index in [0.29, 0.717) is 13.0 Å². The van der Waals surface area contributed by atoms with E-state index in [1.165, 1.54) is 0 Å². The molecule has 14 heavy (non-hydrogen) atoms. The van der Waals surface area contributed by atoms with Crippen molar-refractivity contribution < 1.29 is 20.4 Å². The van der Waals surface area contributed by atoms with Gasteiger partial charge in [-0.1, -0.05) is 0 Å². The molecule has 5 heteroatoms. The molecule has 0 aliphatic rings. The Labute approximate surface area is 84.4 Å². The van der Waals surface area contributed by atoms with E-state index in [-0.39, 0.29) is 19.8 Å². The Morgan fingerprint density at radius 3 is 1.71 bits per heavy atom. The highest BCUT2D eigenvalue weighted by molar-refractivity contribution is 4.86. The van der Waals surface area contributed by atoms with Gasteiger partial charge in [0.1, 0.15) is 0 Å². The van der Waals surface area contributed by atoms with Crippen molar-refractivity contribution in [2.75, 3.05) is 26.4 Å². The average molecular weight is 207 g/mol. The summed E-state index contributed by atoms with van der Waals surface area (Å²) in [5, 5.41) is 39.1. The van der Waals surface area contributed by atoms with Crippen molar-refractivity contribution in [3.63, 3.8) is 0 Å². The Kier molecular flexibility index (Phi) is 5.54. The molecule has 0 spiro atoms. The molecule has 0 unspecified atom stereocenters.